The van der Waals surface area contributed by atoms with Crippen LogP contribution in [0.25, 0.3) is 6.08 Å². The highest BCUT2D eigenvalue weighted by Gasteiger charge is 2.21. The van der Waals surface area contributed by atoms with Gasteiger partial charge in [-0.25, -0.2) is 4.79 Å². The van der Waals surface area contributed by atoms with E-state index in [-0.39, 0.29) is 16.9 Å². The van der Waals surface area contributed by atoms with E-state index in [1.54, 1.807) is 42.5 Å². The lowest BCUT2D eigenvalue weighted by Gasteiger charge is -2.32. The van der Waals surface area contributed by atoms with E-state index in [4.69, 9.17) is 10.5 Å². The van der Waals surface area contributed by atoms with Gasteiger partial charge in [0.15, 0.2) is 0 Å². The normalized spacial score (nSPS) is 12.9. The summed E-state index contributed by atoms with van der Waals surface area (Å²) in [5.41, 5.74) is 3.17. The molecule has 8 heteroatoms. The van der Waals surface area contributed by atoms with Gasteiger partial charge in [0, 0.05) is 29.7 Å². The molecular formula is C27H22N4O4. The minimum absolute atomic E-state index is 0.0434. The molecule has 0 bridgehead atoms. The predicted molar refractivity (Wildman–Crippen MR) is 133 cm³/mol. The second kappa shape index (κ2) is 9.93. The zero-order valence-electron chi connectivity index (χ0n) is 18.7. The predicted octanol–water partition coefficient (Wildman–Crippen LogP) is 4.74. The first-order valence-electron chi connectivity index (χ1n) is 10.9. The number of aromatic hydroxyl groups is 1. The number of nitrogens with zero attached hydrogens (tertiary/aromatic N) is 2. The first-order chi connectivity index (χ1) is 16.9. The molecule has 3 aromatic rings. The maximum absolute atomic E-state index is 12.8. The number of amides is 1. The number of nitriles is 1. The molecule has 0 radical (unpaired) electrons. The Hall–Kier alpha value is -4.90. The maximum atomic E-state index is 12.8. The molecule has 174 valence electrons. The Bertz CT molecular complexity index is 1390. The lowest BCUT2D eigenvalue weighted by Crippen LogP contribution is -2.24. The van der Waals surface area contributed by atoms with Crippen molar-refractivity contribution < 1.29 is 19.8 Å². The highest BCUT2D eigenvalue weighted by molar-refractivity contribution is 6.31. The van der Waals surface area contributed by atoms with Gasteiger partial charge in [-0.2, -0.15) is 5.26 Å². The minimum atomic E-state index is -1.19. The highest BCUT2D eigenvalue weighted by atomic mass is 16.4. The molecule has 3 aromatic carbocycles. The lowest BCUT2D eigenvalue weighted by atomic mass is 9.97. The molecule has 0 aliphatic carbocycles. The number of carbonyl (C=O) groups is 2. The number of carbonyl (C=O) groups excluding carboxylic acids is 1. The average Bonchev–Trinajstić information content (AvgIpc) is 2.86. The van der Waals surface area contributed by atoms with Crippen LogP contribution in [0.4, 0.5) is 17.1 Å². The van der Waals surface area contributed by atoms with E-state index in [0.29, 0.717) is 23.5 Å². The number of hydrogen-bond donors (Lipinski definition) is 4. The molecule has 4 rings (SSSR count). The molecule has 1 amide bonds. The quantitative estimate of drug-likeness (QED) is 0.306. The molecule has 0 saturated heterocycles. The van der Waals surface area contributed by atoms with Gasteiger partial charge in [0.1, 0.15) is 23.1 Å². The van der Waals surface area contributed by atoms with E-state index >= 15 is 0 Å². The van der Waals surface area contributed by atoms with Crippen LogP contribution in [0.3, 0.4) is 0 Å². The number of carboxylic acids is 1. The molecule has 1 aliphatic heterocycles. The summed E-state index contributed by atoms with van der Waals surface area (Å²) in [6, 6.07) is 20.6. The molecule has 0 atom stereocenters. The minimum Gasteiger partial charge on any atom is -0.507 e. The van der Waals surface area contributed by atoms with Gasteiger partial charge in [-0.1, -0.05) is 24.3 Å². The standard InChI is InChI=1S/C27H22N4O4/c28-16-23(29)22(26(33)30-19-6-2-1-3-7-19)14-17-8-11-24-18(13-17)5-4-12-31(24)20-9-10-21(27(34)35)25(32)15-20/h1-3,6-11,13-15,29,32H,4-5,12H2,(H,30,33)(H,34,35)/b22-14-,29-23?. The molecule has 1 heterocycles. The molecule has 0 aromatic heterocycles. The summed E-state index contributed by atoms with van der Waals surface area (Å²) >= 11 is 0. The van der Waals surface area contributed by atoms with E-state index in [2.05, 4.69) is 5.32 Å². The first-order valence-corrected chi connectivity index (χ1v) is 10.9. The van der Waals surface area contributed by atoms with Crippen molar-refractivity contribution in [2.24, 2.45) is 0 Å². The number of phenols is 1. The van der Waals surface area contributed by atoms with Gasteiger partial charge in [-0.3, -0.25) is 10.2 Å². The number of para-hydroxylation sites is 1. The number of hydrogen-bond acceptors (Lipinski definition) is 6. The number of benzene rings is 3. The zero-order chi connectivity index (χ0) is 24.9. The molecule has 35 heavy (non-hydrogen) atoms. The second-order valence-electron chi connectivity index (χ2n) is 8.01. The number of aromatic carboxylic acids is 1. The van der Waals surface area contributed by atoms with Crippen LogP contribution in [0, 0.1) is 16.7 Å². The van der Waals surface area contributed by atoms with Crippen LogP contribution in [0.1, 0.15) is 27.9 Å². The van der Waals surface area contributed by atoms with Gasteiger partial charge in [0.05, 0.1) is 5.57 Å². The maximum Gasteiger partial charge on any atom is 0.339 e. The second-order valence-corrected chi connectivity index (χ2v) is 8.01. The van der Waals surface area contributed by atoms with Crippen molar-refractivity contribution in [2.45, 2.75) is 12.8 Å². The molecule has 0 saturated carbocycles. The SMILES string of the molecule is N#CC(=N)/C(=C/c1ccc2c(c1)CCCN2c1ccc(C(=O)O)c(O)c1)C(=O)Nc1ccccc1. The van der Waals surface area contributed by atoms with E-state index < -0.39 is 17.6 Å². The Labute approximate surface area is 201 Å². The summed E-state index contributed by atoms with van der Waals surface area (Å²) in [7, 11) is 0. The number of carboxylic acid groups (broad SMARTS) is 1. The largest absolute Gasteiger partial charge is 0.507 e. The van der Waals surface area contributed by atoms with Crippen LogP contribution >= 0.6 is 0 Å². The van der Waals surface area contributed by atoms with E-state index in [1.165, 1.54) is 18.2 Å². The van der Waals surface area contributed by atoms with Crippen LogP contribution in [0.5, 0.6) is 5.75 Å². The summed E-state index contributed by atoms with van der Waals surface area (Å²) in [5, 5.41) is 39.2. The van der Waals surface area contributed by atoms with E-state index in [9.17, 15) is 20.0 Å². The Morgan fingerprint density at radius 2 is 1.86 bits per heavy atom. The van der Waals surface area contributed by atoms with Crippen LogP contribution in [-0.2, 0) is 11.2 Å². The van der Waals surface area contributed by atoms with Gasteiger partial charge in [0.25, 0.3) is 5.91 Å². The van der Waals surface area contributed by atoms with Crippen LogP contribution in [-0.4, -0.2) is 34.3 Å². The molecule has 0 unspecified atom stereocenters. The molecule has 0 fully saturated rings. The van der Waals surface area contributed by atoms with Gasteiger partial charge < -0.3 is 20.4 Å². The zero-order valence-corrected chi connectivity index (χ0v) is 18.7. The van der Waals surface area contributed by atoms with Gasteiger partial charge in [-0.05, 0) is 66.4 Å². The van der Waals surface area contributed by atoms with Crippen LogP contribution in [0.2, 0.25) is 0 Å². The third kappa shape index (κ3) is 5.04. The molecule has 8 nitrogen and oxygen atoms in total. The fourth-order valence-electron chi connectivity index (χ4n) is 4.04. The Morgan fingerprint density at radius 3 is 2.54 bits per heavy atom. The smallest absolute Gasteiger partial charge is 0.339 e. The molecule has 0 spiro atoms. The van der Waals surface area contributed by atoms with Crippen molar-refractivity contribution in [3.05, 3.63) is 89.0 Å². The molecular weight excluding hydrogens is 444 g/mol. The Balaban J connectivity index is 1.65. The van der Waals surface area contributed by atoms with Gasteiger partial charge in [-0.15, -0.1) is 0 Å². The summed E-state index contributed by atoms with van der Waals surface area (Å²) in [6.45, 7) is 0.692. The van der Waals surface area contributed by atoms with Crippen molar-refractivity contribution in [2.75, 3.05) is 16.8 Å². The third-order valence-corrected chi connectivity index (χ3v) is 5.71. The monoisotopic (exact) mass is 466 g/mol. The van der Waals surface area contributed by atoms with Crippen molar-refractivity contribution in [3.8, 4) is 11.8 Å². The summed E-state index contributed by atoms with van der Waals surface area (Å²) in [5.74, 6) is -2.04. The summed E-state index contributed by atoms with van der Waals surface area (Å²) in [4.78, 5) is 26.0. The number of nitrogens with one attached hydrogen (secondary N) is 2. The Kier molecular flexibility index (Phi) is 6.60. The highest BCUT2D eigenvalue weighted by Crippen LogP contribution is 2.36. The number of fused-ring (bicyclic) bond motifs is 1. The Morgan fingerprint density at radius 1 is 1.09 bits per heavy atom. The van der Waals surface area contributed by atoms with E-state index in [1.807, 2.05) is 23.1 Å². The fraction of sp³-hybridized carbons (Fsp3) is 0.111. The number of aryl methyl sites for hydroxylation is 1. The van der Waals surface area contributed by atoms with Crippen molar-refractivity contribution in [1.29, 1.82) is 10.7 Å². The average molecular weight is 466 g/mol. The van der Waals surface area contributed by atoms with Gasteiger partial charge in [0.2, 0.25) is 0 Å². The topological polar surface area (TPSA) is 138 Å². The first kappa shape index (κ1) is 23.3. The molecule has 1 aliphatic rings. The molecule has 4 N–H and O–H groups in total. The van der Waals surface area contributed by atoms with Crippen LogP contribution in [0.15, 0.2) is 72.3 Å². The van der Waals surface area contributed by atoms with Crippen molar-refractivity contribution in [3.63, 3.8) is 0 Å². The van der Waals surface area contributed by atoms with Gasteiger partial charge >= 0.3 is 5.97 Å². The fourth-order valence-corrected chi connectivity index (χ4v) is 4.04. The van der Waals surface area contributed by atoms with Crippen molar-refractivity contribution in [1.82, 2.24) is 0 Å². The summed E-state index contributed by atoms with van der Waals surface area (Å²) < 4.78 is 0. The van der Waals surface area contributed by atoms with Crippen molar-refractivity contribution >= 4 is 40.7 Å². The number of anilines is 3. The number of rotatable bonds is 6. The summed E-state index contributed by atoms with van der Waals surface area (Å²) in [6.07, 6.45) is 3.14. The van der Waals surface area contributed by atoms with E-state index in [0.717, 1.165) is 24.1 Å². The van der Waals surface area contributed by atoms with Crippen LogP contribution < -0.4 is 10.2 Å². The lowest BCUT2D eigenvalue weighted by molar-refractivity contribution is -0.112. The third-order valence-electron chi connectivity index (χ3n) is 5.71.